The van der Waals surface area contributed by atoms with Crippen LogP contribution in [0.5, 0.6) is 0 Å². The first-order chi connectivity index (χ1) is 18.7. The summed E-state index contributed by atoms with van der Waals surface area (Å²) in [6.07, 6.45) is 6.16. The molecule has 4 aromatic rings. The predicted molar refractivity (Wildman–Crippen MR) is 157 cm³/mol. The largest absolute Gasteiger partial charge is 0.368 e. The molecule has 39 heavy (non-hydrogen) atoms. The van der Waals surface area contributed by atoms with Crippen LogP contribution in [-0.4, -0.2) is 33.3 Å². The third-order valence-electron chi connectivity index (χ3n) is 8.18. The molecule has 3 unspecified atom stereocenters. The lowest BCUT2D eigenvalue weighted by atomic mass is 9.53. The quantitative estimate of drug-likeness (QED) is 0.233. The molecule has 0 aliphatic heterocycles. The second kappa shape index (κ2) is 11.5. The van der Waals surface area contributed by atoms with Gasteiger partial charge in [0.2, 0.25) is 5.91 Å². The monoisotopic (exact) mass is 561 g/mol. The van der Waals surface area contributed by atoms with E-state index in [1.165, 1.54) is 0 Å². The van der Waals surface area contributed by atoms with Gasteiger partial charge in [-0.25, -0.2) is 4.68 Å². The van der Waals surface area contributed by atoms with E-state index in [0.29, 0.717) is 28.3 Å². The van der Waals surface area contributed by atoms with Crippen molar-refractivity contribution in [3.05, 3.63) is 100 Å². The average Bonchev–Trinajstić information content (AvgIpc) is 3.36. The van der Waals surface area contributed by atoms with Gasteiger partial charge < -0.3 is 11.1 Å². The van der Waals surface area contributed by atoms with E-state index < -0.39 is 0 Å². The summed E-state index contributed by atoms with van der Waals surface area (Å²) in [5.41, 5.74) is 10.7. The first-order valence-corrected chi connectivity index (χ1v) is 14.0. The summed E-state index contributed by atoms with van der Waals surface area (Å²) in [5.74, 6) is 0.462. The number of nitrogens with one attached hydrogen (secondary N) is 1. The number of pyridine rings is 1. The van der Waals surface area contributed by atoms with Crippen molar-refractivity contribution >= 4 is 29.1 Å². The highest BCUT2D eigenvalue weighted by Crippen LogP contribution is 2.58. The minimum atomic E-state index is -0.385. The summed E-state index contributed by atoms with van der Waals surface area (Å²) >= 11 is 12.6. The Bertz CT molecular complexity index is 1440. The highest BCUT2D eigenvalue weighted by molar-refractivity contribution is 6.42. The number of halogens is 2. The molecule has 1 amide bonds. The Kier molecular flexibility index (Phi) is 8.08. The Morgan fingerprint density at radius 2 is 1.90 bits per heavy atom. The Labute approximate surface area is 239 Å². The van der Waals surface area contributed by atoms with Gasteiger partial charge in [-0.05, 0) is 79.1 Å². The number of nitrogens with two attached hydrogens (primary N) is 1. The molecular weight excluding hydrogens is 529 g/mol. The van der Waals surface area contributed by atoms with E-state index >= 15 is 0 Å². The summed E-state index contributed by atoms with van der Waals surface area (Å²) < 4.78 is 1.99. The fourth-order valence-electron chi connectivity index (χ4n) is 5.69. The molecule has 1 fully saturated rings. The third-order valence-corrected chi connectivity index (χ3v) is 8.92. The van der Waals surface area contributed by atoms with E-state index in [-0.39, 0.29) is 17.4 Å². The van der Waals surface area contributed by atoms with Gasteiger partial charge in [-0.1, -0.05) is 67.4 Å². The maximum Gasteiger partial charge on any atom is 0.234 e. The molecule has 0 bridgehead atoms. The highest BCUT2D eigenvalue weighted by atomic mass is 35.5. The Hall–Kier alpha value is -3.19. The van der Waals surface area contributed by atoms with Crippen LogP contribution in [0.3, 0.4) is 0 Å². The van der Waals surface area contributed by atoms with Gasteiger partial charge in [0.15, 0.2) is 0 Å². The van der Waals surface area contributed by atoms with Crippen LogP contribution >= 0.6 is 23.2 Å². The topological polar surface area (TPSA) is 85.8 Å². The SMILES string of the molecule is CC1(C)C(CCNC(Cc2ccccc2)C(N)=O)CC1c1cc(-c2cccnc2)nn1-c1ccc(Cl)c(Cl)c1. The number of primary amides is 1. The van der Waals surface area contributed by atoms with Crippen molar-refractivity contribution in [3.8, 4) is 16.9 Å². The maximum atomic E-state index is 12.1. The van der Waals surface area contributed by atoms with Crippen LogP contribution in [0.1, 0.15) is 43.9 Å². The van der Waals surface area contributed by atoms with Crippen molar-refractivity contribution in [2.24, 2.45) is 17.1 Å². The lowest BCUT2D eigenvalue weighted by Crippen LogP contribution is -2.47. The van der Waals surface area contributed by atoms with Gasteiger partial charge in [0.05, 0.1) is 27.5 Å². The fourth-order valence-corrected chi connectivity index (χ4v) is 5.98. The minimum absolute atomic E-state index is 0.0313. The zero-order chi connectivity index (χ0) is 27.6. The van der Waals surface area contributed by atoms with Gasteiger partial charge in [0.25, 0.3) is 0 Å². The van der Waals surface area contributed by atoms with Crippen molar-refractivity contribution < 1.29 is 4.79 Å². The van der Waals surface area contributed by atoms with Gasteiger partial charge in [-0.2, -0.15) is 5.10 Å². The standard InChI is InChI=1S/C31H33Cl2N5O/c1-31(2)22(12-14-36-28(30(34)39)15-20-7-4-3-5-8-20)16-24(31)29-18-27(21-9-6-13-35-19-21)37-38(29)23-10-11-25(32)26(33)17-23/h3-11,13,17-19,22,24,28,36H,12,14-16H2,1-2H3,(H2,34,39). The molecule has 5 rings (SSSR count). The van der Waals surface area contributed by atoms with Crippen LogP contribution < -0.4 is 11.1 Å². The van der Waals surface area contributed by atoms with Crippen molar-refractivity contribution in [2.45, 2.75) is 45.1 Å². The van der Waals surface area contributed by atoms with Crippen LogP contribution in [0.2, 0.25) is 10.0 Å². The molecule has 0 radical (unpaired) electrons. The first-order valence-electron chi connectivity index (χ1n) is 13.3. The molecule has 6 nitrogen and oxygen atoms in total. The lowest BCUT2D eigenvalue weighted by Gasteiger charge is -2.52. The second-order valence-electron chi connectivity index (χ2n) is 10.9. The lowest BCUT2D eigenvalue weighted by molar-refractivity contribution is -0.120. The first kappa shape index (κ1) is 27.4. The van der Waals surface area contributed by atoms with Crippen molar-refractivity contribution in [1.82, 2.24) is 20.1 Å². The van der Waals surface area contributed by atoms with Crippen molar-refractivity contribution in [1.29, 1.82) is 0 Å². The number of hydrogen-bond donors (Lipinski definition) is 2. The number of aromatic nitrogens is 3. The molecule has 1 saturated carbocycles. The van der Waals surface area contributed by atoms with E-state index in [9.17, 15) is 4.79 Å². The molecule has 1 aliphatic carbocycles. The van der Waals surface area contributed by atoms with E-state index in [2.05, 4.69) is 30.2 Å². The van der Waals surface area contributed by atoms with Crippen LogP contribution in [0.4, 0.5) is 0 Å². The van der Waals surface area contributed by atoms with Crippen LogP contribution in [0, 0.1) is 11.3 Å². The number of nitrogens with zero attached hydrogens (tertiary/aromatic N) is 3. The number of benzene rings is 2. The summed E-state index contributed by atoms with van der Waals surface area (Å²) in [6.45, 7) is 5.36. The molecule has 2 heterocycles. The summed E-state index contributed by atoms with van der Waals surface area (Å²) in [7, 11) is 0. The van der Waals surface area contributed by atoms with E-state index in [1.807, 2.05) is 65.5 Å². The van der Waals surface area contributed by atoms with Gasteiger partial charge in [-0.3, -0.25) is 9.78 Å². The number of rotatable bonds is 10. The van der Waals surface area contributed by atoms with Crippen molar-refractivity contribution in [2.75, 3.05) is 6.54 Å². The van der Waals surface area contributed by atoms with Gasteiger partial charge in [-0.15, -0.1) is 0 Å². The Morgan fingerprint density at radius 3 is 2.56 bits per heavy atom. The second-order valence-corrected chi connectivity index (χ2v) is 11.7. The zero-order valence-corrected chi connectivity index (χ0v) is 23.7. The summed E-state index contributed by atoms with van der Waals surface area (Å²) in [6, 6.07) is 21.3. The smallest absolute Gasteiger partial charge is 0.234 e. The summed E-state index contributed by atoms with van der Waals surface area (Å²) in [4.78, 5) is 16.4. The molecule has 0 saturated heterocycles. The van der Waals surface area contributed by atoms with Gasteiger partial charge in [0, 0.05) is 29.6 Å². The zero-order valence-electron chi connectivity index (χ0n) is 22.1. The fraction of sp³-hybridized carbons (Fsp3) is 0.323. The van der Waals surface area contributed by atoms with Gasteiger partial charge in [0.1, 0.15) is 0 Å². The maximum absolute atomic E-state index is 12.1. The molecular formula is C31H33Cl2N5O. The van der Waals surface area contributed by atoms with Crippen LogP contribution in [0.25, 0.3) is 16.9 Å². The van der Waals surface area contributed by atoms with E-state index in [4.69, 9.17) is 34.0 Å². The van der Waals surface area contributed by atoms with Crippen molar-refractivity contribution in [3.63, 3.8) is 0 Å². The molecule has 202 valence electrons. The molecule has 2 aromatic heterocycles. The van der Waals surface area contributed by atoms with E-state index in [0.717, 1.165) is 47.6 Å². The molecule has 1 aliphatic rings. The minimum Gasteiger partial charge on any atom is -0.368 e. The molecule has 2 aromatic carbocycles. The third kappa shape index (κ3) is 5.88. The summed E-state index contributed by atoms with van der Waals surface area (Å²) in [5, 5.41) is 9.39. The predicted octanol–water partition coefficient (Wildman–Crippen LogP) is 6.45. The Morgan fingerprint density at radius 1 is 1.10 bits per heavy atom. The van der Waals surface area contributed by atoms with E-state index in [1.54, 1.807) is 12.3 Å². The molecule has 8 heteroatoms. The molecule has 3 N–H and O–H groups in total. The average molecular weight is 563 g/mol. The number of hydrogen-bond acceptors (Lipinski definition) is 4. The molecule has 3 atom stereocenters. The number of carbonyl (C=O) groups is 1. The number of carbonyl (C=O) groups excluding carboxylic acids is 1. The Balaban J connectivity index is 1.32. The number of amides is 1. The van der Waals surface area contributed by atoms with Crippen LogP contribution in [0.15, 0.2) is 79.1 Å². The molecule has 0 spiro atoms. The normalized spacial score (nSPS) is 18.9. The highest BCUT2D eigenvalue weighted by Gasteiger charge is 2.49. The van der Waals surface area contributed by atoms with Gasteiger partial charge >= 0.3 is 0 Å². The van der Waals surface area contributed by atoms with Crippen LogP contribution in [-0.2, 0) is 11.2 Å².